The van der Waals surface area contributed by atoms with Crippen LogP contribution in [0, 0.1) is 6.92 Å². The first kappa shape index (κ1) is 8.27. The summed E-state index contributed by atoms with van der Waals surface area (Å²) in [5.41, 5.74) is 0. The number of rotatable bonds is 3. The minimum atomic E-state index is 1.03. The highest BCUT2D eigenvalue weighted by Crippen LogP contribution is 1.94. The van der Waals surface area contributed by atoms with Gasteiger partial charge in [0.2, 0.25) is 0 Å². The van der Waals surface area contributed by atoms with E-state index in [1.807, 2.05) is 19.3 Å². The monoisotopic (exact) mass is 153 g/mol. The van der Waals surface area contributed by atoms with Gasteiger partial charge in [-0.05, 0) is 21.0 Å². The molecule has 3 heteroatoms. The van der Waals surface area contributed by atoms with Crippen molar-refractivity contribution in [3.63, 3.8) is 0 Å². The summed E-state index contributed by atoms with van der Waals surface area (Å²) in [7, 11) is 4.15. The molecule has 0 atom stereocenters. The molecule has 1 aromatic rings. The van der Waals surface area contributed by atoms with Crippen LogP contribution in [0.5, 0.6) is 0 Å². The van der Waals surface area contributed by atoms with Gasteiger partial charge < -0.3 is 9.47 Å². The number of likely N-dealkylation sites (N-methyl/N-ethyl adjacent to an activating group) is 1. The van der Waals surface area contributed by atoms with E-state index < -0.39 is 0 Å². The van der Waals surface area contributed by atoms with Crippen molar-refractivity contribution < 1.29 is 0 Å². The molecule has 0 aliphatic carbocycles. The third-order valence-corrected chi connectivity index (χ3v) is 1.71. The van der Waals surface area contributed by atoms with E-state index in [1.165, 1.54) is 0 Å². The summed E-state index contributed by atoms with van der Waals surface area (Å²) in [4.78, 5) is 6.31. The number of nitrogens with zero attached hydrogens (tertiary/aromatic N) is 3. The molecular formula is C8H15N3. The summed E-state index contributed by atoms with van der Waals surface area (Å²) in [6.45, 7) is 4.12. The summed E-state index contributed by atoms with van der Waals surface area (Å²) in [5, 5.41) is 0. The molecule has 1 rings (SSSR count). The van der Waals surface area contributed by atoms with Gasteiger partial charge in [0, 0.05) is 25.5 Å². The molecule has 0 aliphatic heterocycles. The molecule has 1 heterocycles. The summed E-state index contributed by atoms with van der Waals surface area (Å²) in [5.74, 6) is 1.09. The summed E-state index contributed by atoms with van der Waals surface area (Å²) in [6.07, 6.45) is 3.85. The second-order valence-electron chi connectivity index (χ2n) is 2.97. The Labute approximate surface area is 67.7 Å². The van der Waals surface area contributed by atoms with E-state index in [0.717, 1.165) is 18.9 Å². The lowest BCUT2D eigenvalue weighted by atomic mass is 10.5. The Morgan fingerprint density at radius 2 is 2.27 bits per heavy atom. The predicted octanol–water partition coefficient (Wildman–Crippen LogP) is 0.753. The van der Waals surface area contributed by atoms with Gasteiger partial charge in [0.25, 0.3) is 0 Å². The van der Waals surface area contributed by atoms with Crippen LogP contribution in [0.25, 0.3) is 0 Å². The molecule has 0 radical (unpaired) electrons. The van der Waals surface area contributed by atoms with Crippen LogP contribution in [0.15, 0.2) is 12.4 Å². The molecule has 0 bridgehead atoms. The van der Waals surface area contributed by atoms with E-state index in [2.05, 4.69) is 28.5 Å². The van der Waals surface area contributed by atoms with Crippen LogP contribution in [0.4, 0.5) is 0 Å². The molecule has 0 saturated carbocycles. The highest BCUT2D eigenvalue weighted by molar-refractivity contribution is 4.88. The van der Waals surface area contributed by atoms with E-state index >= 15 is 0 Å². The van der Waals surface area contributed by atoms with Gasteiger partial charge in [-0.25, -0.2) is 4.98 Å². The summed E-state index contributed by atoms with van der Waals surface area (Å²) >= 11 is 0. The Balaban J connectivity index is 2.44. The smallest absolute Gasteiger partial charge is 0.105 e. The highest BCUT2D eigenvalue weighted by Gasteiger charge is 1.95. The van der Waals surface area contributed by atoms with Crippen molar-refractivity contribution >= 4 is 0 Å². The van der Waals surface area contributed by atoms with Crippen LogP contribution in [0.2, 0.25) is 0 Å². The quantitative estimate of drug-likeness (QED) is 0.639. The van der Waals surface area contributed by atoms with Crippen molar-refractivity contribution in [1.29, 1.82) is 0 Å². The molecular weight excluding hydrogens is 138 g/mol. The van der Waals surface area contributed by atoms with Crippen molar-refractivity contribution in [2.75, 3.05) is 20.6 Å². The first-order valence-corrected chi connectivity index (χ1v) is 3.82. The van der Waals surface area contributed by atoms with Crippen LogP contribution in [0.1, 0.15) is 5.82 Å². The number of aromatic nitrogens is 2. The lowest BCUT2D eigenvalue weighted by Gasteiger charge is -2.10. The zero-order valence-electron chi connectivity index (χ0n) is 7.41. The average molecular weight is 153 g/mol. The fraction of sp³-hybridized carbons (Fsp3) is 0.625. The predicted molar refractivity (Wildman–Crippen MR) is 45.5 cm³/mol. The maximum Gasteiger partial charge on any atom is 0.105 e. The topological polar surface area (TPSA) is 21.1 Å². The zero-order chi connectivity index (χ0) is 8.27. The number of hydrogen-bond donors (Lipinski definition) is 0. The largest absolute Gasteiger partial charge is 0.334 e. The molecule has 0 amide bonds. The molecule has 3 nitrogen and oxygen atoms in total. The zero-order valence-corrected chi connectivity index (χ0v) is 7.41. The Morgan fingerprint density at radius 3 is 2.73 bits per heavy atom. The summed E-state index contributed by atoms with van der Waals surface area (Å²) in [6, 6.07) is 0. The van der Waals surface area contributed by atoms with E-state index in [4.69, 9.17) is 0 Å². The van der Waals surface area contributed by atoms with E-state index in [1.54, 1.807) is 0 Å². The molecule has 0 aromatic carbocycles. The van der Waals surface area contributed by atoms with Crippen LogP contribution < -0.4 is 0 Å². The molecule has 0 aliphatic rings. The van der Waals surface area contributed by atoms with Crippen LogP contribution in [-0.2, 0) is 6.54 Å². The van der Waals surface area contributed by atoms with Gasteiger partial charge in [0.15, 0.2) is 0 Å². The van der Waals surface area contributed by atoms with Gasteiger partial charge in [-0.3, -0.25) is 0 Å². The van der Waals surface area contributed by atoms with Gasteiger partial charge in [-0.2, -0.15) is 0 Å². The maximum absolute atomic E-state index is 4.14. The molecule has 0 saturated heterocycles. The maximum atomic E-state index is 4.14. The Bertz CT molecular complexity index is 215. The lowest BCUT2D eigenvalue weighted by Crippen LogP contribution is -2.18. The molecule has 11 heavy (non-hydrogen) atoms. The fourth-order valence-electron chi connectivity index (χ4n) is 0.948. The van der Waals surface area contributed by atoms with Crippen LogP contribution in [-0.4, -0.2) is 35.1 Å². The first-order valence-electron chi connectivity index (χ1n) is 3.82. The summed E-state index contributed by atoms with van der Waals surface area (Å²) < 4.78 is 2.15. The van der Waals surface area contributed by atoms with Gasteiger partial charge in [-0.1, -0.05) is 0 Å². The molecule has 0 spiro atoms. The van der Waals surface area contributed by atoms with Crippen molar-refractivity contribution in [1.82, 2.24) is 14.5 Å². The highest BCUT2D eigenvalue weighted by atomic mass is 15.1. The normalized spacial score (nSPS) is 10.9. The minimum Gasteiger partial charge on any atom is -0.334 e. The van der Waals surface area contributed by atoms with E-state index in [0.29, 0.717) is 0 Å². The number of hydrogen-bond acceptors (Lipinski definition) is 2. The second-order valence-corrected chi connectivity index (χ2v) is 2.97. The first-order chi connectivity index (χ1) is 5.20. The van der Waals surface area contributed by atoms with Gasteiger partial charge >= 0.3 is 0 Å². The van der Waals surface area contributed by atoms with Gasteiger partial charge in [0.1, 0.15) is 5.82 Å². The SMILES string of the molecule is Cc1nccn1CCN(C)C. The molecule has 62 valence electrons. The van der Waals surface area contributed by atoms with Crippen molar-refractivity contribution in [3.8, 4) is 0 Å². The average Bonchev–Trinajstić information content (AvgIpc) is 2.31. The van der Waals surface area contributed by atoms with Crippen molar-refractivity contribution in [2.45, 2.75) is 13.5 Å². The number of imidazole rings is 1. The van der Waals surface area contributed by atoms with Gasteiger partial charge in [-0.15, -0.1) is 0 Å². The third kappa shape index (κ3) is 2.35. The Kier molecular flexibility index (Phi) is 2.65. The molecule has 0 N–H and O–H groups in total. The fourth-order valence-corrected chi connectivity index (χ4v) is 0.948. The molecule has 1 aromatic heterocycles. The van der Waals surface area contributed by atoms with Crippen LogP contribution in [0.3, 0.4) is 0 Å². The second kappa shape index (κ2) is 3.53. The molecule has 0 fully saturated rings. The van der Waals surface area contributed by atoms with Gasteiger partial charge in [0.05, 0.1) is 0 Å². The van der Waals surface area contributed by atoms with E-state index in [-0.39, 0.29) is 0 Å². The molecule has 0 unspecified atom stereocenters. The number of aryl methyl sites for hydroxylation is 1. The standard InChI is InChI=1S/C8H15N3/c1-8-9-4-5-11(8)7-6-10(2)3/h4-5H,6-7H2,1-3H3. The van der Waals surface area contributed by atoms with Crippen molar-refractivity contribution in [2.24, 2.45) is 0 Å². The van der Waals surface area contributed by atoms with Crippen molar-refractivity contribution in [3.05, 3.63) is 18.2 Å². The third-order valence-electron chi connectivity index (χ3n) is 1.71. The van der Waals surface area contributed by atoms with E-state index in [9.17, 15) is 0 Å². The Hall–Kier alpha value is -0.830. The lowest BCUT2D eigenvalue weighted by molar-refractivity contribution is 0.382. The Morgan fingerprint density at radius 1 is 1.55 bits per heavy atom. The minimum absolute atomic E-state index is 1.03. The van der Waals surface area contributed by atoms with Crippen LogP contribution >= 0.6 is 0 Å².